The molecule has 138 valence electrons. The van der Waals surface area contributed by atoms with Crippen LogP contribution in [0.25, 0.3) is 5.82 Å². The number of pyridine rings is 1. The average Bonchev–Trinajstić information content (AvgIpc) is 3.42. The van der Waals surface area contributed by atoms with Gasteiger partial charge in [-0.1, -0.05) is 30.3 Å². The summed E-state index contributed by atoms with van der Waals surface area (Å²) in [5.41, 5.74) is 1.68. The number of rotatable bonds is 6. The van der Waals surface area contributed by atoms with Gasteiger partial charge in [0.1, 0.15) is 12.1 Å². The van der Waals surface area contributed by atoms with Crippen LogP contribution >= 0.6 is 0 Å². The molecule has 1 atom stereocenters. The highest BCUT2D eigenvalue weighted by Gasteiger charge is 2.21. The lowest BCUT2D eigenvalue weighted by molar-refractivity contribution is 0.0927. The predicted molar refractivity (Wildman–Crippen MR) is 104 cm³/mol. The van der Waals surface area contributed by atoms with Crippen molar-refractivity contribution in [2.45, 2.75) is 18.9 Å². The van der Waals surface area contributed by atoms with Crippen LogP contribution in [0.15, 0.2) is 67.4 Å². The van der Waals surface area contributed by atoms with Crippen LogP contribution in [-0.2, 0) is 0 Å². The van der Waals surface area contributed by atoms with Gasteiger partial charge in [-0.25, -0.2) is 9.97 Å². The van der Waals surface area contributed by atoms with Crippen LogP contribution in [-0.4, -0.2) is 45.0 Å². The molecule has 6 heteroatoms. The quantitative estimate of drug-likeness (QED) is 0.733. The number of nitrogens with zero attached hydrogens (tertiary/aromatic N) is 4. The van der Waals surface area contributed by atoms with Gasteiger partial charge in [-0.2, -0.15) is 0 Å². The molecular weight excluding hydrogens is 338 g/mol. The Balaban J connectivity index is 1.49. The lowest BCUT2D eigenvalue weighted by atomic mass is 10.1. The zero-order chi connectivity index (χ0) is 18.5. The monoisotopic (exact) mass is 361 g/mol. The zero-order valence-corrected chi connectivity index (χ0v) is 15.2. The van der Waals surface area contributed by atoms with E-state index in [-0.39, 0.29) is 11.9 Å². The average molecular weight is 361 g/mol. The minimum Gasteiger partial charge on any atom is -0.344 e. The zero-order valence-electron chi connectivity index (χ0n) is 15.2. The normalized spacial score (nSPS) is 15.6. The fraction of sp³-hybridized carbons (Fsp3) is 0.286. The third kappa shape index (κ3) is 4.23. The predicted octanol–water partition coefficient (Wildman–Crippen LogP) is 2.83. The molecule has 1 N–H and O–H groups in total. The summed E-state index contributed by atoms with van der Waals surface area (Å²) in [6.45, 7) is 3.02. The third-order valence-corrected chi connectivity index (χ3v) is 4.93. The van der Waals surface area contributed by atoms with Gasteiger partial charge in [0, 0.05) is 25.1 Å². The molecule has 1 aliphatic rings. The highest BCUT2D eigenvalue weighted by atomic mass is 16.1. The number of benzene rings is 1. The summed E-state index contributed by atoms with van der Waals surface area (Å²) < 4.78 is 1.81. The summed E-state index contributed by atoms with van der Waals surface area (Å²) in [5.74, 6) is 0.633. The Kier molecular flexibility index (Phi) is 5.25. The molecule has 1 unspecified atom stereocenters. The maximum absolute atomic E-state index is 12.8. The smallest absolute Gasteiger partial charge is 0.253 e. The molecule has 3 aromatic rings. The molecule has 0 bridgehead atoms. The van der Waals surface area contributed by atoms with Crippen LogP contribution in [0.1, 0.15) is 34.8 Å². The van der Waals surface area contributed by atoms with Crippen LogP contribution in [0.3, 0.4) is 0 Å². The van der Waals surface area contributed by atoms with Crippen molar-refractivity contribution < 1.29 is 4.79 Å². The number of carbonyl (C=O) groups is 1. The summed E-state index contributed by atoms with van der Waals surface area (Å²) in [6.07, 6.45) is 9.28. The van der Waals surface area contributed by atoms with Crippen molar-refractivity contribution >= 4 is 5.91 Å². The van der Waals surface area contributed by atoms with E-state index in [1.807, 2.05) is 35.0 Å². The first-order chi connectivity index (χ1) is 13.3. The minimum absolute atomic E-state index is 0.0369. The number of nitrogens with one attached hydrogen (secondary N) is 1. The molecule has 4 rings (SSSR count). The van der Waals surface area contributed by atoms with Crippen LogP contribution in [0.2, 0.25) is 0 Å². The standard InChI is InChI=1S/C21H23N5O/c27-21(18-8-9-20(23-14-18)26-13-10-22-16-26)24-19(15-25-11-4-5-12-25)17-6-2-1-3-7-17/h1-3,6-10,13-14,16,19H,4-5,11-12,15H2,(H,24,27). The van der Waals surface area contributed by atoms with Crippen molar-refractivity contribution in [1.82, 2.24) is 24.8 Å². The lowest BCUT2D eigenvalue weighted by Gasteiger charge is -2.25. The van der Waals surface area contributed by atoms with E-state index in [1.165, 1.54) is 12.8 Å². The Morgan fingerprint density at radius 2 is 1.93 bits per heavy atom. The number of carbonyl (C=O) groups excluding carboxylic acids is 1. The Morgan fingerprint density at radius 1 is 1.11 bits per heavy atom. The van der Waals surface area contributed by atoms with Gasteiger partial charge in [-0.05, 0) is 43.6 Å². The Labute approximate surface area is 158 Å². The van der Waals surface area contributed by atoms with E-state index in [1.54, 1.807) is 24.8 Å². The first kappa shape index (κ1) is 17.4. The Hall–Kier alpha value is -2.99. The van der Waals surface area contributed by atoms with Gasteiger partial charge in [-0.3, -0.25) is 9.36 Å². The number of imidazole rings is 1. The lowest BCUT2D eigenvalue weighted by Crippen LogP contribution is -2.37. The molecular formula is C21H23N5O. The number of likely N-dealkylation sites (tertiary alicyclic amines) is 1. The second kappa shape index (κ2) is 8.14. The Bertz CT molecular complexity index is 855. The van der Waals surface area contributed by atoms with Gasteiger partial charge in [0.25, 0.3) is 5.91 Å². The maximum Gasteiger partial charge on any atom is 0.253 e. The van der Waals surface area contributed by atoms with E-state index in [0.29, 0.717) is 5.56 Å². The van der Waals surface area contributed by atoms with Crippen molar-refractivity contribution in [1.29, 1.82) is 0 Å². The van der Waals surface area contributed by atoms with Gasteiger partial charge in [0.05, 0.1) is 11.6 Å². The number of hydrogen-bond donors (Lipinski definition) is 1. The number of hydrogen-bond acceptors (Lipinski definition) is 4. The van der Waals surface area contributed by atoms with E-state index in [2.05, 4.69) is 32.3 Å². The summed E-state index contributed by atoms with van der Waals surface area (Å²) in [7, 11) is 0. The summed E-state index contributed by atoms with van der Waals surface area (Å²) >= 11 is 0. The van der Waals surface area contributed by atoms with Gasteiger partial charge >= 0.3 is 0 Å². The second-order valence-electron chi connectivity index (χ2n) is 6.82. The van der Waals surface area contributed by atoms with Gasteiger partial charge < -0.3 is 10.2 Å². The van der Waals surface area contributed by atoms with Crippen molar-refractivity contribution in [3.8, 4) is 5.82 Å². The number of amides is 1. The molecule has 0 aliphatic carbocycles. The largest absolute Gasteiger partial charge is 0.344 e. The Morgan fingerprint density at radius 3 is 2.59 bits per heavy atom. The van der Waals surface area contributed by atoms with E-state index in [4.69, 9.17) is 0 Å². The summed E-state index contributed by atoms with van der Waals surface area (Å²) in [6, 6.07) is 13.8. The van der Waals surface area contributed by atoms with E-state index < -0.39 is 0 Å². The third-order valence-electron chi connectivity index (χ3n) is 4.93. The summed E-state index contributed by atoms with van der Waals surface area (Å²) in [5, 5.41) is 3.19. The first-order valence-corrected chi connectivity index (χ1v) is 9.32. The van der Waals surface area contributed by atoms with Crippen molar-refractivity contribution in [2.75, 3.05) is 19.6 Å². The van der Waals surface area contributed by atoms with E-state index >= 15 is 0 Å². The summed E-state index contributed by atoms with van der Waals surface area (Å²) in [4.78, 5) is 23.6. The minimum atomic E-state index is -0.104. The van der Waals surface area contributed by atoms with Gasteiger partial charge in [0.15, 0.2) is 0 Å². The fourth-order valence-corrected chi connectivity index (χ4v) is 3.45. The fourth-order valence-electron chi connectivity index (χ4n) is 3.45. The van der Waals surface area contributed by atoms with Gasteiger partial charge in [-0.15, -0.1) is 0 Å². The van der Waals surface area contributed by atoms with Gasteiger partial charge in [0.2, 0.25) is 0 Å². The molecule has 1 aliphatic heterocycles. The van der Waals surface area contributed by atoms with E-state index in [0.717, 1.165) is 31.0 Å². The molecule has 3 heterocycles. The molecule has 6 nitrogen and oxygen atoms in total. The second-order valence-corrected chi connectivity index (χ2v) is 6.82. The topological polar surface area (TPSA) is 63.1 Å². The van der Waals surface area contributed by atoms with Crippen molar-refractivity contribution in [3.63, 3.8) is 0 Å². The van der Waals surface area contributed by atoms with Crippen LogP contribution in [0.4, 0.5) is 0 Å². The van der Waals surface area contributed by atoms with E-state index in [9.17, 15) is 4.79 Å². The van der Waals surface area contributed by atoms with Crippen LogP contribution in [0, 0.1) is 0 Å². The molecule has 0 saturated carbocycles. The molecule has 27 heavy (non-hydrogen) atoms. The first-order valence-electron chi connectivity index (χ1n) is 9.32. The molecule has 0 spiro atoms. The highest BCUT2D eigenvalue weighted by molar-refractivity contribution is 5.94. The number of aromatic nitrogens is 3. The highest BCUT2D eigenvalue weighted by Crippen LogP contribution is 2.18. The molecule has 2 aromatic heterocycles. The van der Waals surface area contributed by atoms with Crippen LogP contribution in [0.5, 0.6) is 0 Å². The molecule has 1 amide bonds. The molecule has 1 fully saturated rings. The molecule has 0 radical (unpaired) electrons. The maximum atomic E-state index is 12.8. The van der Waals surface area contributed by atoms with Crippen molar-refractivity contribution in [3.05, 3.63) is 78.5 Å². The van der Waals surface area contributed by atoms with Crippen LogP contribution < -0.4 is 5.32 Å². The molecule has 1 aromatic carbocycles. The van der Waals surface area contributed by atoms with Crippen molar-refractivity contribution in [2.24, 2.45) is 0 Å². The SMILES string of the molecule is O=C(NC(CN1CCCC1)c1ccccc1)c1ccc(-n2ccnc2)nc1. The molecule has 1 saturated heterocycles.